The van der Waals surface area contributed by atoms with Gasteiger partial charge in [-0.25, -0.2) is 4.98 Å². The summed E-state index contributed by atoms with van der Waals surface area (Å²) in [4.78, 5) is 25.6. The molecule has 2 N–H and O–H groups in total. The number of oxazole rings is 1. The third-order valence-electron chi connectivity index (χ3n) is 2.38. The van der Waals surface area contributed by atoms with Crippen molar-refractivity contribution < 1.29 is 24.2 Å². The number of carbonyl (C=O) groups is 2. The summed E-state index contributed by atoms with van der Waals surface area (Å²) in [6.45, 7) is 0. The maximum absolute atomic E-state index is 11.0. The van der Waals surface area contributed by atoms with E-state index in [1.54, 1.807) is 12.1 Å². The molecule has 0 radical (unpaired) electrons. The highest BCUT2D eigenvalue weighted by Crippen LogP contribution is 2.28. The Labute approximate surface area is 116 Å². The second-order valence-electron chi connectivity index (χ2n) is 3.82. The van der Waals surface area contributed by atoms with Gasteiger partial charge in [-0.1, -0.05) is 11.8 Å². The minimum atomic E-state index is -1.25. The fourth-order valence-corrected chi connectivity index (χ4v) is 2.34. The lowest BCUT2D eigenvalue weighted by Crippen LogP contribution is -2.20. The summed E-state index contributed by atoms with van der Waals surface area (Å²) in [7, 11) is 0. The molecule has 0 spiro atoms. The fourth-order valence-electron chi connectivity index (χ4n) is 1.49. The summed E-state index contributed by atoms with van der Waals surface area (Å²) in [6, 6.07) is 6.57. The summed E-state index contributed by atoms with van der Waals surface area (Å²) < 4.78 is 5.32. The number of carboxylic acid groups (broad SMARTS) is 2. The number of nitriles is 1. The van der Waals surface area contributed by atoms with Gasteiger partial charge in [-0.3, -0.25) is 9.59 Å². The molecule has 2 rings (SSSR count). The zero-order valence-corrected chi connectivity index (χ0v) is 10.8. The number of aliphatic carboxylic acids is 2. The highest BCUT2D eigenvalue weighted by atomic mass is 32.2. The summed E-state index contributed by atoms with van der Waals surface area (Å²) in [5.74, 6) is -2.47. The van der Waals surface area contributed by atoms with Crippen LogP contribution in [-0.2, 0) is 9.59 Å². The normalized spacial score (nSPS) is 11.9. The van der Waals surface area contributed by atoms with Crippen LogP contribution in [0.5, 0.6) is 0 Å². The van der Waals surface area contributed by atoms with Gasteiger partial charge in [-0.2, -0.15) is 5.26 Å². The van der Waals surface area contributed by atoms with E-state index in [1.165, 1.54) is 6.07 Å². The van der Waals surface area contributed by atoms with Gasteiger partial charge in [0.25, 0.3) is 5.22 Å². The predicted octanol–water partition coefficient (Wildman–Crippen LogP) is 1.72. The number of aromatic nitrogens is 1. The number of benzene rings is 1. The minimum Gasteiger partial charge on any atom is -0.481 e. The van der Waals surface area contributed by atoms with Crippen molar-refractivity contribution in [3.63, 3.8) is 0 Å². The molecule has 0 saturated carbocycles. The van der Waals surface area contributed by atoms with Crippen molar-refractivity contribution in [1.29, 1.82) is 5.26 Å². The highest BCUT2D eigenvalue weighted by molar-refractivity contribution is 8.00. The van der Waals surface area contributed by atoms with Crippen molar-refractivity contribution in [3.8, 4) is 6.07 Å². The molecule has 20 heavy (non-hydrogen) atoms. The van der Waals surface area contributed by atoms with Gasteiger partial charge in [-0.15, -0.1) is 0 Å². The smallest absolute Gasteiger partial charge is 0.317 e. The SMILES string of the molecule is N#Cc1ccc2oc(SC(CC(=O)O)C(=O)O)nc2c1. The molecule has 0 aliphatic heterocycles. The summed E-state index contributed by atoms with van der Waals surface area (Å²) >= 11 is 0.723. The summed E-state index contributed by atoms with van der Waals surface area (Å²) in [5.41, 5.74) is 1.24. The van der Waals surface area contributed by atoms with E-state index in [-0.39, 0.29) is 5.22 Å². The van der Waals surface area contributed by atoms with Crippen LogP contribution in [0.15, 0.2) is 27.8 Å². The van der Waals surface area contributed by atoms with Gasteiger partial charge in [0.05, 0.1) is 18.1 Å². The van der Waals surface area contributed by atoms with Crippen molar-refractivity contribution in [1.82, 2.24) is 4.98 Å². The molecule has 1 aromatic heterocycles. The Bertz CT molecular complexity index is 718. The van der Waals surface area contributed by atoms with Crippen molar-refractivity contribution in [3.05, 3.63) is 23.8 Å². The van der Waals surface area contributed by atoms with E-state index in [2.05, 4.69) is 4.98 Å². The van der Waals surface area contributed by atoms with E-state index in [0.29, 0.717) is 16.7 Å². The second kappa shape index (κ2) is 5.63. The number of hydrogen-bond acceptors (Lipinski definition) is 6. The van der Waals surface area contributed by atoms with E-state index >= 15 is 0 Å². The zero-order valence-electron chi connectivity index (χ0n) is 9.94. The first-order chi connectivity index (χ1) is 9.49. The molecule has 1 aromatic carbocycles. The van der Waals surface area contributed by atoms with Crippen LogP contribution >= 0.6 is 11.8 Å². The summed E-state index contributed by atoms with van der Waals surface area (Å²) in [5, 5.41) is 25.2. The van der Waals surface area contributed by atoms with Gasteiger partial charge in [0.2, 0.25) is 0 Å². The van der Waals surface area contributed by atoms with Crippen molar-refractivity contribution >= 4 is 34.8 Å². The monoisotopic (exact) mass is 292 g/mol. The Morgan fingerprint density at radius 1 is 1.45 bits per heavy atom. The van der Waals surface area contributed by atoms with Crippen LogP contribution in [-0.4, -0.2) is 32.4 Å². The molecule has 2 aromatic rings. The molecule has 0 saturated heterocycles. The second-order valence-corrected chi connectivity index (χ2v) is 4.97. The largest absolute Gasteiger partial charge is 0.481 e. The van der Waals surface area contributed by atoms with E-state index in [0.717, 1.165) is 11.8 Å². The number of rotatable bonds is 5. The summed E-state index contributed by atoms with van der Waals surface area (Å²) in [6.07, 6.45) is -0.540. The Kier molecular flexibility index (Phi) is 3.91. The minimum absolute atomic E-state index is 0.0590. The molecular weight excluding hydrogens is 284 g/mol. The number of fused-ring (bicyclic) bond motifs is 1. The number of nitrogens with zero attached hydrogens (tertiary/aromatic N) is 2. The molecule has 102 valence electrons. The fraction of sp³-hybridized carbons (Fsp3) is 0.167. The first kappa shape index (κ1) is 13.9. The van der Waals surface area contributed by atoms with Gasteiger partial charge in [0, 0.05) is 0 Å². The van der Waals surface area contributed by atoms with Crippen LogP contribution in [0.3, 0.4) is 0 Å². The molecule has 0 aliphatic rings. The molecule has 7 nitrogen and oxygen atoms in total. The Morgan fingerprint density at radius 3 is 2.80 bits per heavy atom. The molecule has 1 unspecified atom stereocenters. The first-order valence-corrected chi connectivity index (χ1v) is 6.29. The van der Waals surface area contributed by atoms with Gasteiger partial charge >= 0.3 is 11.9 Å². The lowest BCUT2D eigenvalue weighted by molar-refractivity contribution is -0.142. The van der Waals surface area contributed by atoms with E-state index < -0.39 is 23.6 Å². The quantitative estimate of drug-likeness (QED) is 0.798. The topological polar surface area (TPSA) is 124 Å². The maximum Gasteiger partial charge on any atom is 0.317 e. The van der Waals surface area contributed by atoms with Crippen LogP contribution < -0.4 is 0 Å². The third kappa shape index (κ3) is 3.07. The lowest BCUT2D eigenvalue weighted by atomic mass is 10.2. The van der Waals surface area contributed by atoms with Crippen LogP contribution in [0, 0.1) is 11.3 Å². The standard InChI is InChI=1S/C12H8N2O5S/c13-5-6-1-2-8-7(3-6)14-12(19-8)20-9(11(17)18)4-10(15)16/h1-3,9H,4H2,(H,15,16)(H,17,18). The van der Waals surface area contributed by atoms with Crippen molar-refractivity contribution in [2.24, 2.45) is 0 Å². The van der Waals surface area contributed by atoms with Crippen LogP contribution in [0.1, 0.15) is 12.0 Å². The highest BCUT2D eigenvalue weighted by Gasteiger charge is 2.24. The maximum atomic E-state index is 11.0. The number of hydrogen-bond donors (Lipinski definition) is 2. The van der Waals surface area contributed by atoms with E-state index in [9.17, 15) is 9.59 Å². The van der Waals surface area contributed by atoms with Crippen LogP contribution in [0.4, 0.5) is 0 Å². The molecular formula is C12H8N2O5S. The third-order valence-corrected chi connectivity index (χ3v) is 3.40. The van der Waals surface area contributed by atoms with Gasteiger partial charge in [-0.05, 0) is 18.2 Å². The molecule has 8 heteroatoms. The molecule has 0 amide bonds. The Balaban J connectivity index is 2.26. The first-order valence-electron chi connectivity index (χ1n) is 5.41. The van der Waals surface area contributed by atoms with E-state index in [1.807, 2.05) is 6.07 Å². The predicted molar refractivity (Wildman–Crippen MR) is 68.3 cm³/mol. The molecule has 0 bridgehead atoms. The van der Waals surface area contributed by atoms with Crippen LogP contribution in [0.2, 0.25) is 0 Å². The molecule has 1 heterocycles. The average Bonchev–Trinajstić information content (AvgIpc) is 2.78. The van der Waals surface area contributed by atoms with Crippen molar-refractivity contribution in [2.45, 2.75) is 16.9 Å². The lowest BCUT2D eigenvalue weighted by Gasteiger charge is -2.05. The van der Waals surface area contributed by atoms with Gasteiger partial charge in [0.1, 0.15) is 10.8 Å². The average molecular weight is 292 g/mol. The molecule has 1 atom stereocenters. The Morgan fingerprint density at radius 2 is 2.20 bits per heavy atom. The molecule has 0 aliphatic carbocycles. The van der Waals surface area contributed by atoms with Gasteiger partial charge in [0.15, 0.2) is 5.58 Å². The number of thioether (sulfide) groups is 1. The zero-order chi connectivity index (χ0) is 14.7. The molecule has 0 fully saturated rings. The van der Waals surface area contributed by atoms with Gasteiger partial charge < -0.3 is 14.6 Å². The number of carboxylic acids is 2. The van der Waals surface area contributed by atoms with Crippen LogP contribution in [0.25, 0.3) is 11.1 Å². The Hall–Kier alpha value is -2.53. The van der Waals surface area contributed by atoms with E-state index in [4.69, 9.17) is 19.9 Å². The van der Waals surface area contributed by atoms with Crippen molar-refractivity contribution in [2.75, 3.05) is 0 Å².